The molecule has 1 aromatic heterocycles. The SMILES string of the molecule is CC(C)C[C@H](NC(=O)[C@H](Cc1cnc[nH]1)NC(=O)[C@H](C)NC(=O)[C@H](CC(N)=O)NC(=O)[C@@H](NC(=O)[C@@H](N)CO)[C@@H](C)O)C(=O)NCC(=O)N[C@@H](C)C(=O)N[C@@H](CCCCN)C(=O)N[C@@H](CCCN=C(N)N)C(=O)O. The summed E-state index contributed by atoms with van der Waals surface area (Å²) < 4.78 is 0. The number of hydrogen-bond donors (Lipinski definition) is 18. The molecule has 31 heteroatoms. The zero-order valence-corrected chi connectivity index (χ0v) is 42.1. The van der Waals surface area contributed by atoms with Crippen molar-refractivity contribution in [3.8, 4) is 0 Å². The van der Waals surface area contributed by atoms with Crippen molar-refractivity contribution in [2.24, 2.45) is 39.6 Å². The van der Waals surface area contributed by atoms with Crippen LogP contribution in [0.4, 0.5) is 0 Å². The second-order valence-electron chi connectivity index (χ2n) is 17.7. The lowest BCUT2D eigenvalue weighted by molar-refractivity contribution is -0.142. The predicted octanol–water partition coefficient (Wildman–Crippen LogP) is -8.12. The molecule has 1 aromatic rings. The van der Waals surface area contributed by atoms with E-state index in [0.29, 0.717) is 18.5 Å². The van der Waals surface area contributed by atoms with E-state index in [4.69, 9.17) is 28.7 Å². The molecule has 0 spiro atoms. The molecule has 31 nitrogen and oxygen atoms in total. The molecule has 0 bridgehead atoms. The van der Waals surface area contributed by atoms with E-state index in [2.05, 4.69) is 62.8 Å². The lowest BCUT2D eigenvalue weighted by atomic mass is 10.0. The van der Waals surface area contributed by atoms with Crippen LogP contribution in [0.1, 0.15) is 85.3 Å². The number of H-pyrrole nitrogens is 1. The number of aromatic amines is 1. The monoisotopic (exact) mass is 1050 g/mol. The second-order valence-corrected chi connectivity index (χ2v) is 17.7. The van der Waals surface area contributed by atoms with Gasteiger partial charge in [0.1, 0.15) is 54.4 Å². The molecular weight excluding hydrogens is 979 g/mol. The molecule has 10 amide bonds. The standard InChI is InChI=1S/C43H75N17O14/c1-20(2)13-28(37(68)51-17-32(64)53-21(3)34(65)55-26(9-6-7-11-44)38(69)56-27(42(73)74)10-8-12-50-43(47)48)58-40(71)29(14-24-16-49-19-52-24)57-35(66)22(4)54-39(70)30(15-31(46)63)59-41(72)33(23(5)62)60-36(67)25(45)18-61/h16,19-23,25-30,33,61-62H,6-15,17-18,44-45H2,1-5H3,(H2,46,63)(H,49,52)(H,51,68)(H,53,64)(H,54,70)(H,55,65)(H,56,69)(H,57,66)(H,58,71)(H,59,72)(H,60,67)(H,73,74)(H4,47,48,50)/t21-,22-,23+,25-,26-,27-,28-,29-,30-,33-/m0/s1. The van der Waals surface area contributed by atoms with Gasteiger partial charge in [-0.3, -0.25) is 52.9 Å². The van der Waals surface area contributed by atoms with Gasteiger partial charge in [0.2, 0.25) is 59.1 Å². The highest BCUT2D eigenvalue weighted by Gasteiger charge is 2.35. The summed E-state index contributed by atoms with van der Waals surface area (Å²) >= 11 is 0. The molecule has 0 saturated carbocycles. The zero-order chi connectivity index (χ0) is 56.2. The van der Waals surface area contributed by atoms with Gasteiger partial charge >= 0.3 is 5.97 Å². The van der Waals surface area contributed by atoms with E-state index in [1.807, 2.05) is 0 Å². The average Bonchev–Trinajstić information content (AvgIpc) is 3.84. The van der Waals surface area contributed by atoms with Gasteiger partial charge in [0.25, 0.3) is 0 Å². The highest BCUT2D eigenvalue weighted by molar-refractivity contribution is 5.99. The first-order chi connectivity index (χ1) is 34.7. The van der Waals surface area contributed by atoms with Crippen LogP contribution in [0.25, 0.3) is 0 Å². The van der Waals surface area contributed by atoms with Crippen molar-refractivity contribution >= 4 is 71.0 Å². The maximum Gasteiger partial charge on any atom is 0.326 e. The molecule has 0 saturated heterocycles. The number of aliphatic hydroxyl groups excluding tert-OH is 2. The number of carbonyl (C=O) groups excluding carboxylic acids is 10. The van der Waals surface area contributed by atoms with Crippen LogP contribution in [0.3, 0.4) is 0 Å². The molecule has 416 valence electrons. The van der Waals surface area contributed by atoms with Crippen molar-refractivity contribution in [3.05, 3.63) is 18.2 Å². The molecule has 0 fully saturated rings. The molecule has 23 N–H and O–H groups in total. The van der Waals surface area contributed by atoms with E-state index in [1.54, 1.807) is 13.8 Å². The molecule has 0 unspecified atom stereocenters. The predicted molar refractivity (Wildman–Crippen MR) is 263 cm³/mol. The number of primary amides is 1. The number of amides is 10. The first-order valence-electron chi connectivity index (χ1n) is 23.7. The number of aliphatic hydroxyl groups is 2. The molecule has 1 rings (SSSR count). The Kier molecular flexibility index (Phi) is 29.0. The Morgan fingerprint density at radius 1 is 0.662 bits per heavy atom. The third kappa shape index (κ3) is 24.7. The molecule has 0 aromatic carbocycles. The molecule has 0 radical (unpaired) electrons. The summed E-state index contributed by atoms with van der Waals surface area (Å²) in [5.74, 6) is -11.2. The number of nitrogens with one attached hydrogen (secondary N) is 10. The smallest absolute Gasteiger partial charge is 0.326 e. The first-order valence-corrected chi connectivity index (χ1v) is 23.7. The quantitative estimate of drug-likeness (QED) is 0.0171. The minimum Gasteiger partial charge on any atom is -0.480 e. The van der Waals surface area contributed by atoms with Gasteiger partial charge in [0, 0.05) is 24.9 Å². The summed E-state index contributed by atoms with van der Waals surface area (Å²) in [6.07, 6.45) is 1.26. The van der Waals surface area contributed by atoms with Gasteiger partial charge in [-0.05, 0) is 71.8 Å². The van der Waals surface area contributed by atoms with Crippen molar-refractivity contribution in [2.75, 3.05) is 26.2 Å². The van der Waals surface area contributed by atoms with Crippen LogP contribution >= 0.6 is 0 Å². The lowest BCUT2D eigenvalue weighted by Gasteiger charge is -2.27. The fourth-order valence-corrected chi connectivity index (χ4v) is 6.64. The summed E-state index contributed by atoms with van der Waals surface area (Å²) in [4.78, 5) is 153. The van der Waals surface area contributed by atoms with Gasteiger partial charge in [-0.15, -0.1) is 0 Å². The number of nitrogens with two attached hydrogens (primary N) is 5. The number of carboxylic acids is 1. The summed E-state index contributed by atoms with van der Waals surface area (Å²) in [6.45, 7) is 6.05. The normalized spacial score (nSPS) is 15.1. The Hall–Kier alpha value is -7.51. The number of imidazole rings is 1. The topological polar surface area (TPSA) is 528 Å². The van der Waals surface area contributed by atoms with Gasteiger partial charge in [-0.1, -0.05) is 13.8 Å². The number of nitrogens with zero attached hydrogens (tertiary/aromatic N) is 2. The minimum atomic E-state index is -1.75. The second kappa shape index (κ2) is 33.3. The van der Waals surface area contributed by atoms with Gasteiger partial charge < -0.3 is 96.8 Å². The van der Waals surface area contributed by atoms with Crippen LogP contribution < -0.4 is 76.5 Å². The van der Waals surface area contributed by atoms with Crippen molar-refractivity contribution in [1.82, 2.24) is 57.8 Å². The van der Waals surface area contributed by atoms with Crippen LogP contribution in [0.2, 0.25) is 0 Å². The van der Waals surface area contributed by atoms with E-state index in [9.17, 15) is 68.1 Å². The molecule has 1 heterocycles. The van der Waals surface area contributed by atoms with Crippen molar-refractivity contribution in [1.29, 1.82) is 0 Å². The fourth-order valence-electron chi connectivity index (χ4n) is 6.64. The molecule has 0 aliphatic heterocycles. The number of carboxylic acid groups (broad SMARTS) is 1. The largest absolute Gasteiger partial charge is 0.480 e. The Morgan fingerprint density at radius 2 is 1.22 bits per heavy atom. The highest BCUT2D eigenvalue weighted by Crippen LogP contribution is 2.09. The van der Waals surface area contributed by atoms with Gasteiger partial charge in [0.05, 0.1) is 32.0 Å². The summed E-state index contributed by atoms with van der Waals surface area (Å²) in [6, 6.07) is -12.9. The van der Waals surface area contributed by atoms with Gasteiger partial charge in [0.15, 0.2) is 5.96 Å². The number of guanidine groups is 1. The zero-order valence-electron chi connectivity index (χ0n) is 42.1. The maximum absolute atomic E-state index is 13.9. The van der Waals surface area contributed by atoms with Gasteiger partial charge in [-0.2, -0.15) is 0 Å². The van der Waals surface area contributed by atoms with Crippen LogP contribution in [0, 0.1) is 5.92 Å². The molecule has 74 heavy (non-hydrogen) atoms. The van der Waals surface area contributed by atoms with Crippen LogP contribution in [0.5, 0.6) is 0 Å². The van der Waals surface area contributed by atoms with Crippen LogP contribution in [-0.4, -0.2) is 183 Å². The highest BCUT2D eigenvalue weighted by atomic mass is 16.4. The van der Waals surface area contributed by atoms with E-state index in [1.165, 1.54) is 26.4 Å². The third-order valence-electron chi connectivity index (χ3n) is 10.7. The molecular formula is C43H75N17O14. The maximum atomic E-state index is 13.9. The first kappa shape index (κ1) is 64.5. The van der Waals surface area contributed by atoms with E-state index in [-0.39, 0.29) is 57.1 Å². The number of unbranched alkanes of at least 4 members (excludes halogenated alkanes) is 1. The Labute approximate surface area is 426 Å². The number of rotatable bonds is 35. The van der Waals surface area contributed by atoms with Crippen LogP contribution in [-0.2, 0) is 59.2 Å². The number of aliphatic imine (C=N–C) groups is 1. The number of aromatic nitrogens is 2. The minimum absolute atomic E-state index is 0.0257. The lowest BCUT2D eigenvalue weighted by Crippen LogP contribution is -2.61. The Bertz CT molecular complexity index is 2090. The van der Waals surface area contributed by atoms with Crippen molar-refractivity contribution < 1.29 is 68.1 Å². The molecule has 0 aliphatic rings. The average molecular weight is 1050 g/mol. The van der Waals surface area contributed by atoms with E-state index >= 15 is 0 Å². The van der Waals surface area contributed by atoms with E-state index < -0.39 is 145 Å². The summed E-state index contributed by atoms with van der Waals surface area (Å²) in [5.41, 5.74) is 27.3. The van der Waals surface area contributed by atoms with Gasteiger partial charge in [-0.25, -0.2) is 9.78 Å². The number of hydrogen-bond acceptors (Lipinski definition) is 17. The molecule has 10 atom stereocenters. The third-order valence-corrected chi connectivity index (χ3v) is 10.7. The summed E-state index contributed by atoms with van der Waals surface area (Å²) in [5, 5.41) is 50.4. The number of aliphatic carboxylic acids is 1. The van der Waals surface area contributed by atoms with Crippen LogP contribution in [0.15, 0.2) is 17.5 Å². The summed E-state index contributed by atoms with van der Waals surface area (Å²) in [7, 11) is 0. The van der Waals surface area contributed by atoms with Crippen molar-refractivity contribution in [2.45, 2.75) is 146 Å². The Morgan fingerprint density at radius 3 is 1.76 bits per heavy atom. The van der Waals surface area contributed by atoms with E-state index in [0.717, 1.165) is 6.92 Å². The fraction of sp³-hybridized carbons (Fsp3) is 0.651. The molecule has 0 aliphatic carbocycles. The van der Waals surface area contributed by atoms with Crippen molar-refractivity contribution in [3.63, 3.8) is 0 Å². The Balaban J connectivity index is 3.12. The number of carbonyl (C=O) groups is 11.